The van der Waals surface area contributed by atoms with Crippen LogP contribution in [0.25, 0.3) is 0 Å². The summed E-state index contributed by atoms with van der Waals surface area (Å²) in [6.07, 6.45) is 5.04. The van der Waals surface area contributed by atoms with Gasteiger partial charge in [0.1, 0.15) is 0 Å². The quantitative estimate of drug-likeness (QED) is 0.732. The van der Waals surface area contributed by atoms with Gasteiger partial charge < -0.3 is 4.74 Å². The molecule has 0 aliphatic heterocycles. The molecule has 0 spiro atoms. The molecule has 1 saturated carbocycles. The van der Waals surface area contributed by atoms with E-state index in [4.69, 9.17) is 0 Å². The van der Waals surface area contributed by atoms with E-state index in [1.165, 1.54) is 13.5 Å². The Hall–Kier alpha value is -0.620. The van der Waals surface area contributed by atoms with E-state index in [0.717, 1.165) is 25.7 Å². The standard InChI is InChI=1S/C10H19NO4S/c1-15-10(12)7-8-16(13,14)11-9-5-3-2-4-6-9/h9,11H,2-8H2,1H3. The number of rotatable bonds is 5. The molecule has 94 valence electrons. The lowest BCUT2D eigenvalue weighted by molar-refractivity contribution is -0.140. The van der Waals surface area contributed by atoms with Crippen LogP contribution in [0.3, 0.4) is 0 Å². The lowest BCUT2D eigenvalue weighted by atomic mass is 9.96. The third-order valence-corrected chi connectivity index (χ3v) is 4.19. The van der Waals surface area contributed by atoms with E-state index in [0.29, 0.717) is 0 Å². The number of carbonyl (C=O) groups excluding carboxylic acids is 1. The summed E-state index contributed by atoms with van der Waals surface area (Å²) in [4.78, 5) is 10.8. The maximum atomic E-state index is 11.6. The Morgan fingerprint density at radius 3 is 2.50 bits per heavy atom. The molecular formula is C10H19NO4S. The molecule has 0 saturated heterocycles. The van der Waals surface area contributed by atoms with Gasteiger partial charge in [-0.25, -0.2) is 13.1 Å². The first-order valence-electron chi connectivity index (χ1n) is 5.60. The first-order chi connectivity index (χ1) is 7.53. The van der Waals surface area contributed by atoms with Crippen LogP contribution in [0.2, 0.25) is 0 Å². The molecule has 0 amide bonds. The molecule has 1 fully saturated rings. The van der Waals surface area contributed by atoms with Crippen LogP contribution in [0, 0.1) is 0 Å². The zero-order valence-electron chi connectivity index (χ0n) is 9.57. The number of methoxy groups -OCH3 is 1. The van der Waals surface area contributed by atoms with Crippen LogP contribution >= 0.6 is 0 Å². The smallest absolute Gasteiger partial charge is 0.306 e. The van der Waals surface area contributed by atoms with Gasteiger partial charge in [-0.15, -0.1) is 0 Å². The molecule has 16 heavy (non-hydrogen) atoms. The van der Waals surface area contributed by atoms with Gasteiger partial charge in [-0.05, 0) is 12.8 Å². The maximum absolute atomic E-state index is 11.6. The Morgan fingerprint density at radius 1 is 1.31 bits per heavy atom. The normalized spacial score (nSPS) is 18.3. The molecule has 1 rings (SSSR count). The van der Waals surface area contributed by atoms with Crippen molar-refractivity contribution >= 4 is 16.0 Å². The predicted molar refractivity (Wildman–Crippen MR) is 60.4 cm³/mol. The number of sulfonamides is 1. The Morgan fingerprint density at radius 2 is 1.94 bits per heavy atom. The molecule has 0 aromatic rings. The molecule has 0 heterocycles. The average Bonchev–Trinajstić information content (AvgIpc) is 2.27. The van der Waals surface area contributed by atoms with E-state index in [-0.39, 0.29) is 18.2 Å². The summed E-state index contributed by atoms with van der Waals surface area (Å²) in [5.74, 6) is -0.676. The molecule has 5 nitrogen and oxygen atoms in total. The minimum atomic E-state index is -3.34. The van der Waals surface area contributed by atoms with E-state index in [1.807, 2.05) is 0 Å². The van der Waals surface area contributed by atoms with Crippen molar-refractivity contribution in [3.63, 3.8) is 0 Å². The Kier molecular flexibility index (Phi) is 5.21. The van der Waals surface area contributed by atoms with Crippen molar-refractivity contribution in [1.82, 2.24) is 4.72 Å². The summed E-state index contributed by atoms with van der Waals surface area (Å²) in [6, 6.07) is 0.0522. The molecule has 0 bridgehead atoms. The highest BCUT2D eigenvalue weighted by atomic mass is 32.2. The van der Waals surface area contributed by atoms with Gasteiger partial charge in [0.05, 0.1) is 19.3 Å². The first-order valence-corrected chi connectivity index (χ1v) is 7.25. The van der Waals surface area contributed by atoms with Crippen LogP contribution in [0.4, 0.5) is 0 Å². The minimum absolute atomic E-state index is 0.0522. The van der Waals surface area contributed by atoms with Crippen molar-refractivity contribution in [2.45, 2.75) is 44.6 Å². The molecule has 1 aliphatic rings. The van der Waals surface area contributed by atoms with E-state index < -0.39 is 16.0 Å². The number of nitrogens with one attached hydrogen (secondary N) is 1. The number of carbonyl (C=O) groups is 1. The average molecular weight is 249 g/mol. The third kappa shape index (κ3) is 4.94. The van der Waals surface area contributed by atoms with Crippen LogP contribution in [0.1, 0.15) is 38.5 Å². The second-order valence-corrected chi connectivity index (χ2v) is 5.97. The molecular weight excluding hydrogens is 230 g/mol. The summed E-state index contributed by atoms with van der Waals surface area (Å²) < 4.78 is 30.2. The summed E-state index contributed by atoms with van der Waals surface area (Å²) in [5.41, 5.74) is 0. The molecule has 0 unspecified atom stereocenters. The molecule has 1 N–H and O–H groups in total. The van der Waals surface area contributed by atoms with Crippen LogP contribution < -0.4 is 4.72 Å². The van der Waals surface area contributed by atoms with Gasteiger partial charge in [-0.3, -0.25) is 4.79 Å². The van der Waals surface area contributed by atoms with E-state index in [2.05, 4.69) is 9.46 Å². The van der Waals surface area contributed by atoms with Crippen LogP contribution in [0.15, 0.2) is 0 Å². The van der Waals surface area contributed by atoms with Crippen molar-refractivity contribution in [2.24, 2.45) is 0 Å². The summed E-state index contributed by atoms with van der Waals surface area (Å²) >= 11 is 0. The fourth-order valence-corrected chi connectivity index (χ4v) is 3.15. The van der Waals surface area contributed by atoms with Crippen LogP contribution in [0.5, 0.6) is 0 Å². The Labute approximate surface area is 96.6 Å². The molecule has 6 heteroatoms. The predicted octanol–water partition coefficient (Wildman–Crippen LogP) is 0.802. The second kappa shape index (κ2) is 6.20. The van der Waals surface area contributed by atoms with Crippen LogP contribution in [-0.4, -0.2) is 33.3 Å². The van der Waals surface area contributed by atoms with Gasteiger partial charge in [0, 0.05) is 6.04 Å². The van der Waals surface area contributed by atoms with Crippen molar-refractivity contribution in [2.75, 3.05) is 12.9 Å². The summed E-state index contributed by atoms with van der Waals surface area (Å²) in [5, 5.41) is 0. The first kappa shape index (κ1) is 13.4. The molecule has 0 aromatic heterocycles. The highest BCUT2D eigenvalue weighted by Crippen LogP contribution is 2.18. The van der Waals surface area contributed by atoms with Crippen LogP contribution in [-0.2, 0) is 19.6 Å². The van der Waals surface area contributed by atoms with Gasteiger partial charge >= 0.3 is 5.97 Å². The largest absolute Gasteiger partial charge is 0.469 e. The number of hydrogen-bond donors (Lipinski definition) is 1. The van der Waals surface area contributed by atoms with E-state index >= 15 is 0 Å². The van der Waals surface area contributed by atoms with E-state index in [9.17, 15) is 13.2 Å². The molecule has 0 radical (unpaired) electrons. The summed E-state index contributed by atoms with van der Waals surface area (Å²) in [6.45, 7) is 0. The van der Waals surface area contributed by atoms with E-state index in [1.54, 1.807) is 0 Å². The number of hydrogen-bond acceptors (Lipinski definition) is 4. The highest BCUT2D eigenvalue weighted by molar-refractivity contribution is 7.89. The van der Waals surface area contributed by atoms with Gasteiger partial charge in [0.15, 0.2) is 0 Å². The van der Waals surface area contributed by atoms with Gasteiger partial charge in [-0.2, -0.15) is 0 Å². The zero-order chi connectivity index (χ0) is 12.0. The summed E-state index contributed by atoms with van der Waals surface area (Å²) in [7, 11) is -2.08. The minimum Gasteiger partial charge on any atom is -0.469 e. The molecule has 0 atom stereocenters. The van der Waals surface area contributed by atoms with Crippen molar-refractivity contribution in [3.05, 3.63) is 0 Å². The topological polar surface area (TPSA) is 72.5 Å². The molecule has 0 aromatic carbocycles. The number of ether oxygens (including phenoxy) is 1. The fraction of sp³-hybridized carbons (Fsp3) is 0.900. The van der Waals surface area contributed by atoms with Gasteiger partial charge in [0.25, 0.3) is 0 Å². The Balaban J connectivity index is 2.35. The Bertz CT molecular complexity index is 320. The van der Waals surface area contributed by atoms with Crippen molar-refractivity contribution in [1.29, 1.82) is 0 Å². The lowest BCUT2D eigenvalue weighted by Gasteiger charge is -2.22. The number of esters is 1. The SMILES string of the molecule is COC(=O)CCS(=O)(=O)NC1CCCCC1. The zero-order valence-corrected chi connectivity index (χ0v) is 10.4. The highest BCUT2D eigenvalue weighted by Gasteiger charge is 2.20. The lowest BCUT2D eigenvalue weighted by Crippen LogP contribution is -2.38. The van der Waals surface area contributed by atoms with Gasteiger partial charge in [0.2, 0.25) is 10.0 Å². The monoisotopic (exact) mass is 249 g/mol. The second-order valence-electron chi connectivity index (χ2n) is 4.10. The van der Waals surface area contributed by atoms with Gasteiger partial charge in [-0.1, -0.05) is 19.3 Å². The van der Waals surface area contributed by atoms with Crippen molar-refractivity contribution < 1.29 is 17.9 Å². The fourth-order valence-electron chi connectivity index (χ4n) is 1.85. The third-order valence-electron chi connectivity index (χ3n) is 2.75. The molecule has 1 aliphatic carbocycles. The van der Waals surface area contributed by atoms with Crippen molar-refractivity contribution in [3.8, 4) is 0 Å². The maximum Gasteiger partial charge on any atom is 0.306 e.